The van der Waals surface area contributed by atoms with Gasteiger partial charge in [-0.05, 0) is 27.7 Å². The van der Waals surface area contributed by atoms with Crippen molar-refractivity contribution in [3.05, 3.63) is 0 Å². The van der Waals surface area contributed by atoms with Crippen molar-refractivity contribution in [2.75, 3.05) is 13.7 Å². The predicted octanol–water partition coefficient (Wildman–Crippen LogP) is 2.08. The van der Waals surface area contributed by atoms with Gasteiger partial charge in [0.05, 0.1) is 18.3 Å². The molecule has 0 aromatic carbocycles. The second-order valence-corrected chi connectivity index (χ2v) is 5.37. The van der Waals surface area contributed by atoms with Crippen molar-refractivity contribution in [3.8, 4) is 0 Å². The summed E-state index contributed by atoms with van der Waals surface area (Å²) < 4.78 is 16.3. The van der Waals surface area contributed by atoms with Gasteiger partial charge in [-0.25, -0.2) is 0 Å². The van der Waals surface area contributed by atoms with E-state index >= 15 is 0 Å². The van der Waals surface area contributed by atoms with Crippen LogP contribution in [0.25, 0.3) is 0 Å². The molecule has 0 amide bonds. The van der Waals surface area contributed by atoms with Gasteiger partial charge in [0.1, 0.15) is 24.4 Å². The number of carbonyl (C=O) groups is 1. The Balaban J connectivity index is -0.000000549. The fraction of sp³-hybridized carbons (Fsp3) is 0.941. The molecule has 0 saturated carbocycles. The number of aliphatic hydroxyl groups excluding tert-OH is 2. The van der Waals surface area contributed by atoms with Crippen molar-refractivity contribution in [2.45, 2.75) is 91.5 Å². The van der Waals surface area contributed by atoms with Gasteiger partial charge >= 0.3 is 0 Å². The van der Waals surface area contributed by atoms with Crippen molar-refractivity contribution in [1.82, 2.24) is 0 Å². The molecule has 3 N–H and O–H groups in total. The maximum atomic E-state index is 10.1. The molecule has 1 fully saturated rings. The zero-order valence-electron chi connectivity index (χ0n) is 16.6. The first-order chi connectivity index (χ1) is 11.2. The Labute approximate surface area is 146 Å². The van der Waals surface area contributed by atoms with Gasteiger partial charge in [0, 0.05) is 7.11 Å². The van der Waals surface area contributed by atoms with Crippen LogP contribution in [0.15, 0.2) is 0 Å². The lowest BCUT2D eigenvalue weighted by Crippen LogP contribution is -2.61. The van der Waals surface area contributed by atoms with Gasteiger partial charge in [0.25, 0.3) is 6.47 Å². The van der Waals surface area contributed by atoms with E-state index < -0.39 is 30.0 Å². The largest absolute Gasteiger partial charge is 0.483 e. The van der Waals surface area contributed by atoms with Gasteiger partial charge in [-0.3, -0.25) is 4.79 Å². The van der Waals surface area contributed by atoms with Gasteiger partial charge in [0.15, 0.2) is 0 Å². The predicted molar refractivity (Wildman–Crippen MR) is 94.2 cm³/mol. The third-order valence-corrected chi connectivity index (χ3v) is 3.14. The SMILES string of the molecule is CC.CC.COC(C)(C)C1OC[C@@H](OC(C)C)C(O)C1O.O=CO. The standard InChI is InChI=1S/C12H24O5.2C2H6.CH2O2/c1-7(2)17-8-6-16-11(10(14)9(8)13)12(3,4)15-5;2*1-2;2-1-3/h7-11,13-14H,6H2,1-5H3;2*1-2H3;1H,(H,2,3)/t8-,9?,10?,11?;;;/m1.../s1. The first kappa shape index (κ1) is 28.1. The number of methoxy groups -OCH3 is 1. The Bertz CT molecular complexity index is 282. The monoisotopic (exact) mass is 354 g/mol. The minimum absolute atomic E-state index is 0.0163. The average Bonchev–Trinajstić information content (AvgIpc) is 2.56. The molecule has 0 spiro atoms. The normalized spacial score (nSPS) is 26.0. The number of ether oxygens (including phenoxy) is 3. The summed E-state index contributed by atoms with van der Waals surface area (Å²) in [5, 5.41) is 26.9. The van der Waals surface area contributed by atoms with E-state index in [1.54, 1.807) is 7.11 Å². The lowest BCUT2D eigenvalue weighted by atomic mass is 9.89. The van der Waals surface area contributed by atoms with Crippen LogP contribution < -0.4 is 0 Å². The molecule has 1 heterocycles. The number of hydrogen-bond acceptors (Lipinski definition) is 6. The molecule has 0 radical (unpaired) electrons. The Kier molecular flexibility index (Phi) is 18.5. The van der Waals surface area contributed by atoms with E-state index in [1.165, 1.54) is 0 Å². The van der Waals surface area contributed by atoms with E-state index in [4.69, 9.17) is 24.1 Å². The highest BCUT2D eigenvalue weighted by molar-refractivity contribution is 5.32. The Morgan fingerprint density at radius 2 is 1.54 bits per heavy atom. The third-order valence-electron chi connectivity index (χ3n) is 3.14. The molecule has 148 valence electrons. The molecule has 3 unspecified atom stereocenters. The summed E-state index contributed by atoms with van der Waals surface area (Å²) in [6.07, 6.45) is -3.03. The van der Waals surface area contributed by atoms with Crippen LogP contribution in [0.1, 0.15) is 55.4 Å². The van der Waals surface area contributed by atoms with Crippen LogP contribution in [0.4, 0.5) is 0 Å². The molecule has 0 aromatic rings. The van der Waals surface area contributed by atoms with E-state index in [0.29, 0.717) is 0 Å². The number of aliphatic hydroxyl groups is 2. The highest BCUT2D eigenvalue weighted by Crippen LogP contribution is 2.28. The van der Waals surface area contributed by atoms with E-state index in [0.717, 1.165) is 0 Å². The molecular formula is C17H38O7. The summed E-state index contributed by atoms with van der Waals surface area (Å²) in [6.45, 7) is 15.4. The summed E-state index contributed by atoms with van der Waals surface area (Å²) in [5.41, 5.74) is -0.650. The van der Waals surface area contributed by atoms with E-state index in [1.807, 2.05) is 55.4 Å². The molecule has 1 aliphatic rings. The summed E-state index contributed by atoms with van der Waals surface area (Å²) in [7, 11) is 1.55. The van der Waals surface area contributed by atoms with Crippen LogP contribution in [-0.4, -0.2) is 71.6 Å². The van der Waals surface area contributed by atoms with Crippen LogP contribution in [0.3, 0.4) is 0 Å². The molecule has 7 heteroatoms. The summed E-state index contributed by atoms with van der Waals surface area (Å²) in [6, 6.07) is 0. The van der Waals surface area contributed by atoms with Gasteiger partial charge in [-0.2, -0.15) is 0 Å². The summed E-state index contributed by atoms with van der Waals surface area (Å²) in [4.78, 5) is 8.36. The van der Waals surface area contributed by atoms with Crippen LogP contribution in [-0.2, 0) is 19.0 Å². The molecular weight excluding hydrogens is 316 g/mol. The van der Waals surface area contributed by atoms with Crippen molar-refractivity contribution in [2.24, 2.45) is 0 Å². The van der Waals surface area contributed by atoms with Gasteiger partial charge in [0.2, 0.25) is 0 Å². The zero-order chi connectivity index (χ0) is 19.9. The minimum Gasteiger partial charge on any atom is -0.483 e. The van der Waals surface area contributed by atoms with E-state index in [2.05, 4.69) is 0 Å². The molecule has 0 aliphatic carbocycles. The molecule has 0 bridgehead atoms. The Morgan fingerprint density at radius 1 is 1.12 bits per heavy atom. The lowest BCUT2D eigenvalue weighted by Gasteiger charge is -2.44. The number of rotatable bonds is 4. The number of hydrogen-bond donors (Lipinski definition) is 3. The highest BCUT2D eigenvalue weighted by Gasteiger charge is 2.46. The maximum absolute atomic E-state index is 10.1. The minimum atomic E-state index is -1.01. The smallest absolute Gasteiger partial charge is 0.290 e. The van der Waals surface area contributed by atoms with Crippen molar-refractivity contribution < 1.29 is 34.3 Å². The second-order valence-electron chi connectivity index (χ2n) is 5.37. The van der Waals surface area contributed by atoms with Crippen LogP contribution in [0.2, 0.25) is 0 Å². The van der Waals surface area contributed by atoms with Gasteiger partial charge in [-0.1, -0.05) is 27.7 Å². The second kappa shape index (κ2) is 15.8. The third kappa shape index (κ3) is 10.2. The molecule has 1 aliphatic heterocycles. The molecule has 24 heavy (non-hydrogen) atoms. The van der Waals surface area contributed by atoms with Crippen molar-refractivity contribution >= 4 is 6.47 Å². The molecule has 7 nitrogen and oxygen atoms in total. The molecule has 0 aromatic heterocycles. The van der Waals surface area contributed by atoms with E-state index in [-0.39, 0.29) is 19.2 Å². The van der Waals surface area contributed by atoms with Crippen LogP contribution >= 0.6 is 0 Å². The lowest BCUT2D eigenvalue weighted by molar-refractivity contribution is -0.248. The first-order valence-electron chi connectivity index (χ1n) is 8.47. The van der Waals surface area contributed by atoms with Crippen LogP contribution in [0.5, 0.6) is 0 Å². The first-order valence-corrected chi connectivity index (χ1v) is 8.47. The summed E-state index contributed by atoms with van der Waals surface area (Å²) >= 11 is 0. The van der Waals surface area contributed by atoms with Crippen molar-refractivity contribution in [1.29, 1.82) is 0 Å². The topological polar surface area (TPSA) is 105 Å². The average molecular weight is 354 g/mol. The van der Waals surface area contributed by atoms with Crippen LogP contribution in [0, 0.1) is 0 Å². The Hall–Kier alpha value is -0.730. The molecule has 1 rings (SSSR count). The molecule has 1 saturated heterocycles. The fourth-order valence-corrected chi connectivity index (χ4v) is 1.99. The molecule has 4 atom stereocenters. The summed E-state index contributed by atoms with van der Waals surface area (Å²) in [5.74, 6) is 0. The van der Waals surface area contributed by atoms with Crippen molar-refractivity contribution in [3.63, 3.8) is 0 Å². The number of carboxylic acid groups (broad SMARTS) is 1. The zero-order valence-corrected chi connectivity index (χ0v) is 16.6. The fourth-order valence-electron chi connectivity index (χ4n) is 1.99. The maximum Gasteiger partial charge on any atom is 0.290 e. The highest BCUT2D eigenvalue weighted by atomic mass is 16.6. The quantitative estimate of drug-likeness (QED) is 0.664. The van der Waals surface area contributed by atoms with Gasteiger partial charge in [-0.15, -0.1) is 0 Å². The Morgan fingerprint density at radius 3 is 1.88 bits per heavy atom. The van der Waals surface area contributed by atoms with Gasteiger partial charge < -0.3 is 29.5 Å². The van der Waals surface area contributed by atoms with E-state index in [9.17, 15) is 10.2 Å².